The molecule has 4 nitrogen and oxygen atoms in total. The number of esters is 1. The summed E-state index contributed by atoms with van der Waals surface area (Å²) >= 11 is 3.04. The van der Waals surface area contributed by atoms with E-state index < -0.39 is 0 Å². The normalized spacial score (nSPS) is 17.0. The molecule has 0 saturated heterocycles. The monoisotopic (exact) mass is 724 g/mol. The summed E-state index contributed by atoms with van der Waals surface area (Å²) < 4.78 is 5.38. The first kappa shape index (κ1) is 36.0. The van der Waals surface area contributed by atoms with Crippen LogP contribution in [0.1, 0.15) is 109 Å². The van der Waals surface area contributed by atoms with Gasteiger partial charge in [0.1, 0.15) is 0 Å². The van der Waals surface area contributed by atoms with Gasteiger partial charge in [0, 0.05) is 41.8 Å². The van der Waals surface area contributed by atoms with Crippen molar-refractivity contribution in [3.05, 3.63) is 143 Å². The Labute approximate surface area is 315 Å². The molecular weight excluding hydrogens is 681 g/mol. The van der Waals surface area contributed by atoms with Gasteiger partial charge in [-0.25, -0.2) is 0 Å². The summed E-state index contributed by atoms with van der Waals surface area (Å²) in [6, 6.07) is 36.8. The first-order chi connectivity index (χ1) is 25.1. The third-order valence-corrected chi connectivity index (χ3v) is 12.4. The lowest BCUT2D eigenvalue weighted by Crippen LogP contribution is -2.23. The predicted molar refractivity (Wildman–Crippen MR) is 211 cm³/mol. The number of hydrogen-bond donors (Lipinski definition) is 0. The standard InChI is InChI=1S/C46H44O4S2/c1-5-28-50-45(49)33-18-16-31(17-19-33)29-12-14-30(15-13-29)32-20-24-35(25-21-32)51-39-10-6-8-37-41(39)43(47)38-9-7-11-40(42(38)44(37)48)52-36-26-22-34(23-27-36)46(2,3)4/h6-15,20-27,31,33H,5,16-19,28H2,1-4H3. The Morgan fingerprint density at radius 3 is 1.62 bits per heavy atom. The summed E-state index contributed by atoms with van der Waals surface area (Å²) in [6.07, 6.45) is 4.65. The molecule has 1 fully saturated rings. The summed E-state index contributed by atoms with van der Waals surface area (Å²) in [5.74, 6) is 0.255. The van der Waals surface area contributed by atoms with Crippen molar-refractivity contribution in [1.82, 2.24) is 0 Å². The van der Waals surface area contributed by atoms with Gasteiger partial charge in [0.2, 0.25) is 0 Å². The first-order valence-electron chi connectivity index (χ1n) is 18.3. The van der Waals surface area contributed by atoms with E-state index in [1.54, 1.807) is 12.1 Å². The second kappa shape index (κ2) is 15.3. The molecule has 0 spiro atoms. The third kappa shape index (κ3) is 7.55. The van der Waals surface area contributed by atoms with Crippen molar-refractivity contribution in [2.45, 2.75) is 90.7 Å². The Kier molecular flexibility index (Phi) is 10.6. The van der Waals surface area contributed by atoms with Crippen LogP contribution in [0.3, 0.4) is 0 Å². The Hall–Kier alpha value is -4.39. The van der Waals surface area contributed by atoms with E-state index in [0.29, 0.717) is 34.8 Å². The molecule has 52 heavy (non-hydrogen) atoms. The van der Waals surface area contributed by atoms with Crippen molar-refractivity contribution in [3.8, 4) is 11.1 Å². The zero-order valence-electron chi connectivity index (χ0n) is 30.2. The molecule has 0 unspecified atom stereocenters. The van der Waals surface area contributed by atoms with E-state index in [9.17, 15) is 14.4 Å². The molecule has 2 aliphatic carbocycles. The zero-order valence-corrected chi connectivity index (χ0v) is 31.9. The fourth-order valence-electron chi connectivity index (χ4n) is 7.27. The topological polar surface area (TPSA) is 60.4 Å². The largest absolute Gasteiger partial charge is 0.465 e. The van der Waals surface area contributed by atoms with Gasteiger partial charge in [0.15, 0.2) is 11.6 Å². The van der Waals surface area contributed by atoms with Crippen molar-refractivity contribution in [2.75, 3.05) is 6.61 Å². The van der Waals surface area contributed by atoms with Gasteiger partial charge in [-0.2, -0.15) is 0 Å². The van der Waals surface area contributed by atoms with E-state index in [1.807, 2.05) is 31.2 Å². The van der Waals surface area contributed by atoms with Crippen LogP contribution in [0.2, 0.25) is 0 Å². The molecule has 0 aliphatic heterocycles. The summed E-state index contributed by atoms with van der Waals surface area (Å²) in [6.45, 7) is 9.11. The van der Waals surface area contributed by atoms with E-state index in [2.05, 4.69) is 93.6 Å². The van der Waals surface area contributed by atoms with Gasteiger partial charge in [-0.05, 0) is 102 Å². The molecule has 0 aromatic heterocycles. The number of benzene rings is 5. The number of carbonyl (C=O) groups excluding carboxylic acids is 3. The van der Waals surface area contributed by atoms with Gasteiger partial charge in [0.25, 0.3) is 0 Å². The molecular formula is C46H44O4S2. The summed E-state index contributed by atoms with van der Waals surface area (Å²) in [5, 5.41) is 0. The molecule has 1 saturated carbocycles. The highest BCUT2D eigenvalue weighted by atomic mass is 32.2. The summed E-state index contributed by atoms with van der Waals surface area (Å²) in [4.78, 5) is 44.1. The molecule has 0 amide bonds. The number of ketones is 2. The number of ether oxygens (including phenoxy) is 1. The lowest BCUT2D eigenvalue weighted by molar-refractivity contribution is -0.149. The average Bonchev–Trinajstić information content (AvgIpc) is 3.16. The van der Waals surface area contributed by atoms with E-state index >= 15 is 0 Å². The lowest BCUT2D eigenvalue weighted by atomic mass is 9.78. The van der Waals surface area contributed by atoms with Crippen LogP contribution in [0.25, 0.3) is 11.1 Å². The highest BCUT2D eigenvalue weighted by molar-refractivity contribution is 7.99. The maximum Gasteiger partial charge on any atom is 0.308 e. The molecule has 0 atom stereocenters. The minimum absolute atomic E-state index is 0.0307. The quantitative estimate of drug-likeness (QED) is 0.138. The maximum absolute atomic E-state index is 14.1. The van der Waals surface area contributed by atoms with Crippen LogP contribution in [0, 0.1) is 5.92 Å². The van der Waals surface area contributed by atoms with Gasteiger partial charge in [-0.15, -0.1) is 0 Å². The maximum atomic E-state index is 14.1. The number of rotatable bonds is 9. The Morgan fingerprint density at radius 2 is 1.13 bits per heavy atom. The molecule has 7 rings (SSSR count). The van der Waals surface area contributed by atoms with Gasteiger partial charge in [0.05, 0.1) is 12.5 Å². The van der Waals surface area contributed by atoms with E-state index in [4.69, 9.17) is 4.74 Å². The van der Waals surface area contributed by atoms with Crippen LogP contribution in [-0.4, -0.2) is 24.1 Å². The summed E-state index contributed by atoms with van der Waals surface area (Å²) in [5.41, 5.74) is 6.78. The van der Waals surface area contributed by atoms with Crippen molar-refractivity contribution in [2.24, 2.45) is 5.92 Å². The fraction of sp³-hybridized carbons (Fsp3) is 0.283. The number of carbonyl (C=O) groups is 3. The molecule has 264 valence electrons. The van der Waals surface area contributed by atoms with Crippen molar-refractivity contribution in [3.63, 3.8) is 0 Å². The lowest BCUT2D eigenvalue weighted by Gasteiger charge is -2.27. The minimum Gasteiger partial charge on any atom is -0.465 e. The second-order valence-electron chi connectivity index (χ2n) is 14.9. The number of hydrogen-bond acceptors (Lipinski definition) is 6. The van der Waals surface area contributed by atoms with Crippen LogP contribution in [0.4, 0.5) is 0 Å². The molecule has 5 aromatic carbocycles. The van der Waals surface area contributed by atoms with Crippen molar-refractivity contribution < 1.29 is 19.1 Å². The Morgan fingerprint density at radius 1 is 0.654 bits per heavy atom. The van der Waals surface area contributed by atoms with Crippen molar-refractivity contribution >= 4 is 41.1 Å². The first-order valence-corrected chi connectivity index (χ1v) is 19.9. The van der Waals surface area contributed by atoms with Gasteiger partial charge < -0.3 is 4.74 Å². The SMILES string of the molecule is CCCOC(=O)C1CCC(c2ccc(-c3ccc(Sc4cccc5c4C(=O)c4cccc(Sc6ccc(C(C)(C)C)cc6)c4C5=O)cc3)cc2)CC1. The van der Waals surface area contributed by atoms with Crippen LogP contribution in [0.5, 0.6) is 0 Å². The molecule has 0 radical (unpaired) electrons. The molecule has 5 aromatic rings. The smallest absolute Gasteiger partial charge is 0.308 e. The van der Waals surface area contributed by atoms with Crippen molar-refractivity contribution in [1.29, 1.82) is 0 Å². The Balaban J connectivity index is 1.04. The summed E-state index contributed by atoms with van der Waals surface area (Å²) in [7, 11) is 0. The van der Waals surface area contributed by atoms with Crippen LogP contribution < -0.4 is 0 Å². The predicted octanol–water partition coefficient (Wildman–Crippen LogP) is 12.0. The van der Waals surface area contributed by atoms with E-state index in [-0.39, 0.29) is 28.9 Å². The molecule has 0 bridgehead atoms. The van der Waals surface area contributed by atoms with Gasteiger partial charge in [-0.1, -0.05) is 124 Å². The zero-order chi connectivity index (χ0) is 36.4. The minimum atomic E-state index is -0.111. The van der Waals surface area contributed by atoms with Crippen LogP contribution in [0.15, 0.2) is 129 Å². The van der Waals surface area contributed by atoms with Crippen LogP contribution in [-0.2, 0) is 14.9 Å². The molecule has 6 heteroatoms. The van der Waals surface area contributed by atoms with Gasteiger partial charge in [-0.3, -0.25) is 14.4 Å². The second-order valence-corrected chi connectivity index (χ2v) is 17.1. The van der Waals surface area contributed by atoms with Crippen LogP contribution >= 0.6 is 23.5 Å². The Bertz CT molecular complexity index is 2100. The highest BCUT2D eigenvalue weighted by Crippen LogP contribution is 2.42. The third-order valence-electron chi connectivity index (χ3n) is 10.3. The highest BCUT2D eigenvalue weighted by Gasteiger charge is 2.34. The molecule has 0 N–H and O–H groups in total. The average molecular weight is 725 g/mol. The van der Waals surface area contributed by atoms with E-state index in [0.717, 1.165) is 62.8 Å². The molecule has 2 aliphatic rings. The molecule has 0 heterocycles. The van der Waals surface area contributed by atoms with E-state index in [1.165, 1.54) is 34.7 Å². The van der Waals surface area contributed by atoms with Gasteiger partial charge >= 0.3 is 5.97 Å². The number of fused-ring (bicyclic) bond motifs is 2. The fourth-order valence-corrected chi connectivity index (χ4v) is 9.23.